The summed E-state index contributed by atoms with van der Waals surface area (Å²) >= 11 is 0. The van der Waals surface area contributed by atoms with Gasteiger partial charge in [0, 0.05) is 12.1 Å². The van der Waals surface area contributed by atoms with Gasteiger partial charge in [0.05, 0.1) is 6.10 Å². The predicted molar refractivity (Wildman–Crippen MR) is 70.0 cm³/mol. The van der Waals surface area contributed by atoms with Crippen LogP contribution in [0, 0.1) is 5.92 Å². The summed E-state index contributed by atoms with van der Waals surface area (Å²) in [6, 6.07) is 0. The number of hydrogen-bond acceptors (Lipinski definition) is 2. The molecule has 3 fully saturated rings. The second-order valence-corrected chi connectivity index (χ2v) is 6.65. The fraction of sp³-hybridized carbons (Fsp3) is 1.00. The first-order valence-electron chi connectivity index (χ1n) is 7.72. The molecule has 1 aliphatic heterocycles. The first kappa shape index (κ1) is 12.0. The number of piperidine rings is 1. The van der Waals surface area contributed by atoms with E-state index in [0.29, 0.717) is 5.54 Å². The van der Waals surface area contributed by atoms with Crippen molar-refractivity contribution in [2.24, 2.45) is 5.92 Å². The van der Waals surface area contributed by atoms with E-state index < -0.39 is 0 Å². The second kappa shape index (κ2) is 4.89. The average Bonchev–Trinajstić information content (AvgIpc) is 2.78. The quantitative estimate of drug-likeness (QED) is 0.816. The number of likely N-dealkylation sites (tertiary alicyclic amines) is 1. The van der Waals surface area contributed by atoms with Crippen molar-refractivity contribution >= 4 is 0 Å². The van der Waals surface area contributed by atoms with Gasteiger partial charge in [0.2, 0.25) is 0 Å². The van der Waals surface area contributed by atoms with Gasteiger partial charge in [-0.05, 0) is 51.0 Å². The predicted octanol–water partition coefficient (Wildman–Crippen LogP) is 2.95. The van der Waals surface area contributed by atoms with Gasteiger partial charge in [0.1, 0.15) is 0 Å². The normalized spacial score (nSPS) is 34.1. The first-order chi connectivity index (χ1) is 8.28. The van der Waals surface area contributed by atoms with Gasteiger partial charge >= 0.3 is 0 Å². The van der Waals surface area contributed by atoms with Crippen molar-refractivity contribution in [1.29, 1.82) is 0 Å². The molecule has 1 spiro atoms. The summed E-state index contributed by atoms with van der Waals surface area (Å²) in [6.45, 7) is 2.45. The van der Waals surface area contributed by atoms with Crippen molar-refractivity contribution < 1.29 is 5.11 Å². The van der Waals surface area contributed by atoms with Crippen molar-refractivity contribution in [3.63, 3.8) is 0 Å². The lowest BCUT2D eigenvalue weighted by atomic mass is 9.69. The lowest BCUT2D eigenvalue weighted by Gasteiger charge is -2.54. The maximum absolute atomic E-state index is 9.88. The van der Waals surface area contributed by atoms with E-state index in [4.69, 9.17) is 0 Å². The van der Waals surface area contributed by atoms with Gasteiger partial charge in [0.15, 0.2) is 0 Å². The van der Waals surface area contributed by atoms with E-state index in [0.717, 1.165) is 25.3 Å². The fourth-order valence-corrected chi connectivity index (χ4v) is 4.30. The molecule has 2 nitrogen and oxygen atoms in total. The average molecular weight is 237 g/mol. The standard InChI is InChI=1S/C15H27NO/c17-14-7-11-16(15(12-14)8-3-9-15)10-6-13-4-1-2-5-13/h13-14,17H,1-12H2. The van der Waals surface area contributed by atoms with Gasteiger partial charge in [-0.3, -0.25) is 4.90 Å². The fourth-order valence-electron chi connectivity index (χ4n) is 4.30. The minimum atomic E-state index is -0.0157. The Hall–Kier alpha value is -0.0800. The summed E-state index contributed by atoms with van der Waals surface area (Å²) in [5.41, 5.74) is 0.427. The lowest BCUT2D eigenvalue weighted by Crippen LogP contribution is -2.59. The molecule has 0 bridgehead atoms. The Bertz CT molecular complexity index is 256. The van der Waals surface area contributed by atoms with Crippen molar-refractivity contribution in [3.8, 4) is 0 Å². The van der Waals surface area contributed by atoms with Crippen LogP contribution in [-0.4, -0.2) is 34.7 Å². The van der Waals surface area contributed by atoms with Gasteiger partial charge in [-0.2, -0.15) is 0 Å². The van der Waals surface area contributed by atoms with E-state index >= 15 is 0 Å². The summed E-state index contributed by atoms with van der Waals surface area (Å²) in [5.74, 6) is 1.01. The molecule has 1 atom stereocenters. The van der Waals surface area contributed by atoms with Gasteiger partial charge in [-0.15, -0.1) is 0 Å². The minimum Gasteiger partial charge on any atom is -0.393 e. The van der Waals surface area contributed by atoms with Gasteiger partial charge in [-0.1, -0.05) is 25.7 Å². The number of nitrogens with zero attached hydrogens (tertiary/aromatic N) is 1. The lowest BCUT2D eigenvalue weighted by molar-refractivity contribution is -0.0672. The van der Waals surface area contributed by atoms with Crippen LogP contribution in [0.1, 0.15) is 64.2 Å². The molecule has 3 rings (SSSR count). The zero-order valence-corrected chi connectivity index (χ0v) is 11.0. The van der Waals surface area contributed by atoms with Crippen LogP contribution in [0.3, 0.4) is 0 Å². The SMILES string of the molecule is OC1CCN(CCC2CCCC2)C2(CCC2)C1. The zero-order valence-electron chi connectivity index (χ0n) is 11.0. The molecule has 98 valence electrons. The third-order valence-corrected chi connectivity index (χ3v) is 5.58. The van der Waals surface area contributed by atoms with Crippen molar-refractivity contribution in [3.05, 3.63) is 0 Å². The molecule has 2 heteroatoms. The largest absolute Gasteiger partial charge is 0.393 e. The number of aliphatic hydroxyl groups is 1. The van der Waals surface area contributed by atoms with E-state index in [1.807, 2.05) is 0 Å². The minimum absolute atomic E-state index is 0.0157. The zero-order chi connectivity index (χ0) is 11.7. The monoisotopic (exact) mass is 237 g/mol. The number of hydrogen-bond donors (Lipinski definition) is 1. The molecule has 2 aliphatic carbocycles. The van der Waals surface area contributed by atoms with Crippen molar-refractivity contribution in [2.75, 3.05) is 13.1 Å². The maximum atomic E-state index is 9.88. The molecule has 0 aromatic carbocycles. The second-order valence-electron chi connectivity index (χ2n) is 6.65. The Morgan fingerprint density at radius 1 is 1.06 bits per heavy atom. The molecule has 3 aliphatic rings. The summed E-state index contributed by atoms with van der Waals surface area (Å²) < 4.78 is 0. The van der Waals surface area contributed by atoms with Crippen molar-refractivity contribution in [2.45, 2.75) is 75.9 Å². The Balaban J connectivity index is 1.53. The topological polar surface area (TPSA) is 23.5 Å². The summed E-state index contributed by atoms with van der Waals surface area (Å²) in [5, 5.41) is 9.88. The van der Waals surface area contributed by atoms with Crippen molar-refractivity contribution in [1.82, 2.24) is 4.90 Å². The van der Waals surface area contributed by atoms with Gasteiger partial charge in [-0.25, -0.2) is 0 Å². The molecule has 0 aromatic rings. The Morgan fingerprint density at radius 3 is 2.47 bits per heavy atom. The van der Waals surface area contributed by atoms with Gasteiger partial charge < -0.3 is 5.11 Å². The molecule has 0 amide bonds. The highest BCUT2D eigenvalue weighted by Gasteiger charge is 2.45. The number of rotatable bonds is 3. The molecular formula is C15H27NO. The molecule has 0 aromatic heterocycles. The highest BCUT2D eigenvalue weighted by Crippen LogP contribution is 2.44. The van der Waals surface area contributed by atoms with E-state index in [-0.39, 0.29) is 6.10 Å². The summed E-state index contributed by atoms with van der Waals surface area (Å²) in [6.07, 6.45) is 13.4. The molecule has 1 unspecified atom stereocenters. The highest BCUT2D eigenvalue weighted by molar-refractivity contribution is 5.02. The van der Waals surface area contributed by atoms with Crippen LogP contribution in [0.2, 0.25) is 0 Å². The van der Waals surface area contributed by atoms with Crippen LogP contribution >= 0.6 is 0 Å². The molecule has 1 N–H and O–H groups in total. The molecule has 2 saturated carbocycles. The van der Waals surface area contributed by atoms with Crippen LogP contribution < -0.4 is 0 Å². The Labute approximate surface area is 105 Å². The molecular weight excluding hydrogens is 210 g/mol. The molecule has 17 heavy (non-hydrogen) atoms. The summed E-state index contributed by atoms with van der Waals surface area (Å²) in [4.78, 5) is 2.74. The van der Waals surface area contributed by atoms with Crippen LogP contribution in [0.5, 0.6) is 0 Å². The highest BCUT2D eigenvalue weighted by atomic mass is 16.3. The van der Waals surface area contributed by atoms with Crippen LogP contribution in [0.15, 0.2) is 0 Å². The van der Waals surface area contributed by atoms with Gasteiger partial charge in [0.25, 0.3) is 0 Å². The maximum Gasteiger partial charge on any atom is 0.0570 e. The van der Waals surface area contributed by atoms with Crippen LogP contribution in [0.25, 0.3) is 0 Å². The smallest absolute Gasteiger partial charge is 0.0570 e. The van der Waals surface area contributed by atoms with E-state index in [9.17, 15) is 5.11 Å². The van der Waals surface area contributed by atoms with E-state index in [2.05, 4.69) is 4.90 Å². The Kier molecular flexibility index (Phi) is 3.45. The molecule has 1 saturated heterocycles. The third-order valence-electron chi connectivity index (χ3n) is 5.58. The number of aliphatic hydroxyl groups excluding tert-OH is 1. The summed E-state index contributed by atoms with van der Waals surface area (Å²) in [7, 11) is 0. The van der Waals surface area contributed by atoms with E-state index in [1.165, 1.54) is 57.9 Å². The van der Waals surface area contributed by atoms with Crippen LogP contribution in [0.4, 0.5) is 0 Å². The molecule has 1 heterocycles. The van der Waals surface area contributed by atoms with E-state index in [1.54, 1.807) is 0 Å². The third kappa shape index (κ3) is 2.39. The van der Waals surface area contributed by atoms with Crippen LogP contribution in [-0.2, 0) is 0 Å². The first-order valence-corrected chi connectivity index (χ1v) is 7.72. The Morgan fingerprint density at radius 2 is 1.82 bits per heavy atom. The molecule has 0 radical (unpaired) electrons.